The van der Waals surface area contributed by atoms with E-state index in [2.05, 4.69) is 4.98 Å². The molecule has 0 saturated carbocycles. The number of para-hydroxylation sites is 2. The summed E-state index contributed by atoms with van der Waals surface area (Å²) in [5.74, 6) is -0.705. The van der Waals surface area contributed by atoms with Crippen molar-refractivity contribution in [2.24, 2.45) is 0 Å². The molecule has 2 aromatic carbocycles. The predicted octanol–water partition coefficient (Wildman–Crippen LogP) is 3.52. The first-order valence-electron chi connectivity index (χ1n) is 7.66. The van der Waals surface area contributed by atoms with E-state index in [9.17, 15) is 9.59 Å². The number of aromatic nitrogens is 1. The van der Waals surface area contributed by atoms with Crippen LogP contribution in [0.15, 0.2) is 54.6 Å². The van der Waals surface area contributed by atoms with Gasteiger partial charge in [-0.2, -0.15) is 0 Å². The molecule has 1 atom stereocenters. The Bertz CT molecular complexity index is 912. The number of imide groups is 1. The van der Waals surface area contributed by atoms with Crippen LogP contribution in [0.5, 0.6) is 0 Å². The van der Waals surface area contributed by atoms with Gasteiger partial charge in [-0.3, -0.25) is 14.5 Å². The highest BCUT2D eigenvalue weighted by Crippen LogP contribution is 2.38. The molecule has 23 heavy (non-hydrogen) atoms. The fourth-order valence-electron chi connectivity index (χ4n) is 3.45. The van der Waals surface area contributed by atoms with Crippen LogP contribution in [0.1, 0.15) is 23.6 Å². The van der Waals surface area contributed by atoms with Gasteiger partial charge in [-0.05, 0) is 30.7 Å². The van der Waals surface area contributed by atoms with Crippen molar-refractivity contribution in [3.63, 3.8) is 0 Å². The summed E-state index contributed by atoms with van der Waals surface area (Å²) in [7, 11) is 0. The Morgan fingerprint density at radius 1 is 1.00 bits per heavy atom. The van der Waals surface area contributed by atoms with E-state index in [1.807, 2.05) is 49.4 Å². The van der Waals surface area contributed by atoms with Crippen LogP contribution in [0.25, 0.3) is 10.9 Å². The average Bonchev–Trinajstić information content (AvgIpc) is 3.03. The summed E-state index contributed by atoms with van der Waals surface area (Å²) in [4.78, 5) is 30.0. The van der Waals surface area contributed by atoms with Crippen LogP contribution >= 0.6 is 0 Å². The summed E-state index contributed by atoms with van der Waals surface area (Å²) >= 11 is 0. The van der Waals surface area contributed by atoms with Gasteiger partial charge in [0.05, 0.1) is 11.6 Å². The number of fused-ring (bicyclic) bond motifs is 1. The number of aromatic amines is 1. The second-order valence-corrected chi connectivity index (χ2v) is 5.87. The molecule has 4 nitrogen and oxygen atoms in total. The molecule has 1 N–H and O–H groups in total. The van der Waals surface area contributed by atoms with Crippen molar-refractivity contribution >= 4 is 28.4 Å². The molecule has 4 heteroatoms. The number of nitrogens with one attached hydrogen (secondary N) is 1. The van der Waals surface area contributed by atoms with Crippen molar-refractivity contribution in [3.8, 4) is 0 Å². The molecule has 1 fully saturated rings. The van der Waals surface area contributed by atoms with Gasteiger partial charge in [0.1, 0.15) is 0 Å². The Labute approximate surface area is 133 Å². The molecular weight excluding hydrogens is 288 g/mol. The normalized spacial score (nSPS) is 18.1. The number of carbonyl (C=O) groups is 2. The topological polar surface area (TPSA) is 53.2 Å². The highest BCUT2D eigenvalue weighted by molar-refractivity contribution is 6.23. The van der Waals surface area contributed by atoms with Crippen LogP contribution in [0.4, 0.5) is 5.69 Å². The quantitative estimate of drug-likeness (QED) is 0.736. The number of hydrogen-bond donors (Lipinski definition) is 1. The molecule has 1 aromatic heterocycles. The van der Waals surface area contributed by atoms with Crippen molar-refractivity contribution in [1.82, 2.24) is 4.98 Å². The molecule has 0 bridgehead atoms. The third kappa shape index (κ3) is 2.06. The highest BCUT2D eigenvalue weighted by Gasteiger charge is 2.41. The third-order valence-corrected chi connectivity index (χ3v) is 4.45. The molecule has 0 spiro atoms. The fraction of sp³-hybridized carbons (Fsp3) is 0.158. The lowest BCUT2D eigenvalue weighted by atomic mass is 9.94. The van der Waals surface area contributed by atoms with E-state index >= 15 is 0 Å². The number of aryl methyl sites for hydroxylation is 1. The molecule has 0 radical (unpaired) electrons. The number of rotatable bonds is 2. The molecule has 0 aliphatic carbocycles. The summed E-state index contributed by atoms with van der Waals surface area (Å²) in [6, 6.07) is 17.0. The van der Waals surface area contributed by atoms with Crippen LogP contribution in [0.2, 0.25) is 0 Å². The molecule has 3 aromatic rings. The number of benzene rings is 2. The third-order valence-electron chi connectivity index (χ3n) is 4.45. The standard InChI is InChI=1S/C19H16N2O2/c1-12-18(14-9-5-6-10-16(14)20-12)15-11-17(22)21(19(15)23)13-7-3-2-4-8-13/h2-10,15,20H,11H2,1H3. The summed E-state index contributed by atoms with van der Waals surface area (Å²) in [5, 5.41) is 1.02. The molecular formula is C19H16N2O2. The molecule has 1 aliphatic rings. The molecule has 4 rings (SSSR count). The first kappa shape index (κ1) is 13.8. The number of nitrogens with zero attached hydrogens (tertiary/aromatic N) is 1. The molecule has 1 aliphatic heterocycles. The minimum Gasteiger partial charge on any atom is -0.358 e. The minimum atomic E-state index is -0.418. The smallest absolute Gasteiger partial charge is 0.241 e. The lowest BCUT2D eigenvalue weighted by Gasteiger charge is -2.15. The van der Waals surface area contributed by atoms with Crippen molar-refractivity contribution in [1.29, 1.82) is 0 Å². The zero-order valence-corrected chi connectivity index (χ0v) is 12.7. The average molecular weight is 304 g/mol. The molecule has 2 heterocycles. The van der Waals surface area contributed by atoms with Gasteiger partial charge in [-0.1, -0.05) is 36.4 Å². The van der Waals surface area contributed by atoms with Crippen molar-refractivity contribution in [2.75, 3.05) is 4.90 Å². The van der Waals surface area contributed by atoms with Gasteiger partial charge in [0, 0.05) is 23.0 Å². The van der Waals surface area contributed by atoms with Crippen LogP contribution in [-0.4, -0.2) is 16.8 Å². The van der Waals surface area contributed by atoms with Gasteiger partial charge in [-0.25, -0.2) is 0 Å². The highest BCUT2D eigenvalue weighted by atomic mass is 16.2. The van der Waals surface area contributed by atoms with Crippen LogP contribution in [-0.2, 0) is 9.59 Å². The summed E-state index contributed by atoms with van der Waals surface area (Å²) in [6.45, 7) is 1.96. The largest absolute Gasteiger partial charge is 0.358 e. The Hall–Kier alpha value is -2.88. The molecule has 2 amide bonds. The number of carbonyl (C=O) groups excluding carboxylic acids is 2. The van der Waals surface area contributed by atoms with Gasteiger partial charge in [0.25, 0.3) is 0 Å². The van der Waals surface area contributed by atoms with Crippen molar-refractivity contribution in [2.45, 2.75) is 19.3 Å². The lowest BCUT2D eigenvalue weighted by Crippen LogP contribution is -2.30. The SMILES string of the molecule is Cc1[nH]c2ccccc2c1C1CC(=O)N(c2ccccc2)C1=O. The van der Waals surface area contributed by atoms with Crippen LogP contribution in [0, 0.1) is 6.92 Å². The van der Waals surface area contributed by atoms with E-state index in [4.69, 9.17) is 0 Å². The van der Waals surface area contributed by atoms with Gasteiger partial charge < -0.3 is 4.98 Å². The lowest BCUT2D eigenvalue weighted by molar-refractivity contribution is -0.121. The second kappa shape index (κ2) is 5.09. The van der Waals surface area contributed by atoms with Gasteiger partial charge >= 0.3 is 0 Å². The van der Waals surface area contributed by atoms with E-state index < -0.39 is 5.92 Å². The van der Waals surface area contributed by atoms with Gasteiger partial charge in [0.2, 0.25) is 11.8 Å². The molecule has 1 unspecified atom stereocenters. The number of amides is 2. The predicted molar refractivity (Wildman–Crippen MR) is 89.3 cm³/mol. The first-order valence-corrected chi connectivity index (χ1v) is 7.66. The van der Waals surface area contributed by atoms with Gasteiger partial charge in [-0.15, -0.1) is 0 Å². The molecule has 1 saturated heterocycles. The van der Waals surface area contributed by atoms with Crippen LogP contribution in [0.3, 0.4) is 0 Å². The zero-order valence-electron chi connectivity index (χ0n) is 12.7. The Kier molecular flexibility index (Phi) is 3.05. The fourth-order valence-corrected chi connectivity index (χ4v) is 3.45. The molecule has 114 valence electrons. The summed E-state index contributed by atoms with van der Waals surface area (Å²) in [6.07, 6.45) is 0.219. The monoisotopic (exact) mass is 304 g/mol. The Morgan fingerprint density at radius 3 is 2.48 bits per heavy atom. The van der Waals surface area contributed by atoms with Crippen LogP contribution < -0.4 is 4.90 Å². The Balaban J connectivity index is 1.80. The number of H-pyrrole nitrogens is 1. The van der Waals surface area contributed by atoms with E-state index in [1.165, 1.54) is 4.90 Å². The van der Waals surface area contributed by atoms with Gasteiger partial charge in [0.15, 0.2) is 0 Å². The van der Waals surface area contributed by atoms with E-state index in [-0.39, 0.29) is 18.2 Å². The van der Waals surface area contributed by atoms with E-state index in [1.54, 1.807) is 12.1 Å². The first-order chi connectivity index (χ1) is 11.2. The maximum Gasteiger partial charge on any atom is 0.241 e. The maximum atomic E-state index is 12.9. The van der Waals surface area contributed by atoms with Crippen molar-refractivity contribution < 1.29 is 9.59 Å². The van der Waals surface area contributed by atoms with E-state index in [0.29, 0.717) is 5.69 Å². The zero-order chi connectivity index (χ0) is 16.0. The minimum absolute atomic E-state index is 0.143. The van der Waals surface area contributed by atoms with Crippen molar-refractivity contribution in [3.05, 3.63) is 65.9 Å². The maximum absolute atomic E-state index is 12.9. The summed E-state index contributed by atoms with van der Waals surface area (Å²) < 4.78 is 0. The Morgan fingerprint density at radius 2 is 1.70 bits per heavy atom. The van der Waals surface area contributed by atoms with E-state index in [0.717, 1.165) is 22.2 Å². The summed E-state index contributed by atoms with van der Waals surface area (Å²) in [5.41, 5.74) is 3.53. The number of anilines is 1. The number of hydrogen-bond acceptors (Lipinski definition) is 2. The second-order valence-electron chi connectivity index (χ2n) is 5.87.